The molecule has 1 aliphatic rings. The van der Waals surface area contributed by atoms with Crippen molar-refractivity contribution in [2.75, 3.05) is 18.4 Å². The molecule has 178 valence electrons. The third kappa shape index (κ3) is 7.17. The highest BCUT2D eigenvalue weighted by Gasteiger charge is 2.13. The standard InChI is InChI=1S/C27H32N4O2S/c32-26(28-19-25-13-8-16-34-25)21-11-7-12-24(17-21)30-27(33)29-18-22-9-3-4-10-23(22)20-31-14-5-1-2-6-15-31/h3-4,7-13,16-17H,1-2,5-6,14-15,18-20H2,(H,28,32)(H2,29,30,33). The number of thiophene rings is 1. The maximum absolute atomic E-state index is 12.6. The van der Waals surface area contributed by atoms with Crippen molar-refractivity contribution in [3.8, 4) is 0 Å². The normalized spacial score (nSPS) is 14.2. The minimum atomic E-state index is -0.291. The summed E-state index contributed by atoms with van der Waals surface area (Å²) in [7, 11) is 0. The van der Waals surface area contributed by atoms with Crippen LogP contribution < -0.4 is 16.0 Å². The quantitative estimate of drug-likeness (QED) is 0.409. The highest BCUT2D eigenvalue weighted by Crippen LogP contribution is 2.17. The number of likely N-dealkylation sites (tertiary alicyclic amines) is 1. The molecule has 6 nitrogen and oxygen atoms in total. The van der Waals surface area contributed by atoms with Crippen LogP contribution in [0.2, 0.25) is 0 Å². The van der Waals surface area contributed by atoms with Gasteiger partial charge in [0.15, 0.2) is 0 Å². The highest BCUT2D eigenvalue weighted by molar-refractivity contribution is 7.09. The maximum atomic E-state index is 12.6. The van der Waals surface area contributed by atoms with Gasteiger partial charge in [0.25, 0.3) is 5.91 Å². The molecule has 2 aromatic carbocycles. The number of amides is 3. The number of anilines is 1. The van der Waals surface area contributed by atoms with Gasteiger partial charge in [-0.1, -0.05) is 49.2 Å². The Labute approximate surface area is 205 Å². The average Bonchev–Trinajstić information content (AvgIpc) is 3.25. The van der Waals surface area contributed by atoms with Crippen molar-refractivity contribution in [2.45, 2.75) is 45.3 Å². The summed E-state index contributed by atoms with van der Waals surface area (Å²) < 4.78 is 0. The van der Waals surface area contributed by atoms with E-state index in [1.807, 2.05) is 23.6 Å². The lowest BCUT2D eigenvalue weighted by molar-refractivity contribution is 0.0951. The fraction of sp³-hybridized carbons (Fsp3) is 0.333. The molecule has 0 bridgehead atoms. The summed E-state index contributed by atoms with van der Waals surface area (Å²) in [5.41, 5.74) is 3.48. The van der Waals surface area contributed by atoms with Gasteiger partial charge >= 0.3 is 6.03 Å². The lowest BCUT2D eigenvalue weighted by atomic mass is 10.1. The largest absolute Gasteiger partial charge is 0.347 e. The Morgan fingerprint density at radius 1 is 0.824 bits per heavy atom. The zero-order valence-electron chi connectivity index (χ0n) is 19.4. The first-order valence-electron chi connectivity index (χ1n) is 11.9. The molecule has 1 saturated heterocycles. The molecule has 1 fully saturated rings. The molecule has 0 saturated carbocycles. The molecule has 1 aliphatic heterocycles. The van der Waals surface area contributed by atoms with Crippen molar-refractivity contribution in [1.82, 2.24) is 15.5 Å². The molecule has 2 heterocycles. The van der Waals surface area contributed by atoms with Crippen molar-refractivity contribution in [2.24, 2.45) is 0 Å². The van der Waals surface area contributed by atoms with Gasteiger partial charge in [-0.3, -0.25) is 9.69 Å². The minimum absolute atomic E-state index is 0.167. The van der Waals surface area contributed by atoms with Gasteiger partial charge < -0.3 is 16.0 Å². The molecule has 0 aliphatic carbocycles. The van der Waals surface area contributed by atoms with E-state index in [-0.39, 0.29) is 11.9 Å². The summed E-state index contributed by atoms with van der Waals surface area (Å²) in [6.45, 7) is 4.14. The third-order valence-corrected chi connectivity index (χ3v) is 6.91. The van der Waals surface area contributed by atoms with Gasteiger partial charge in [0, 0.05) is 29.2 Å². The minimum Gasteiger partial charge on any atom is -0.347 e. The van der Waals surface area contributed by atoms with Crippen LogP contribution in [0.25, 0.3) is 0 Å². The Morgan fingerprint density at radius 2 is 1.62 bits per heavy atom. The molecule has 7 heteroatoms. The Hall–Kier alpha value is -3.16. The number of nitrogens with one attached hydrogen (secondary N) is 3. The van der Waals surface area contributed by atoms with Crippen molar-refractivity contribution >= 4 is 29.0 Å². The zero-order valence-corrected chi connectivity index (χ0v) is 20.2. The summed E-state index contributed by atoms with van der Waals surface area (Å²) in [6.07, 6.45) is 5.15. The molecule has 0 unspecified atom stereocenters. The lowest BCUT2D eigenvalue weighted by Crippen LogP contribution is -2.30. The average molecular weight is 477 g/mol. The third-order valence-electron chi connectivity index (χ3n) is 6.04. The van der Waals surface area contributed by atoms with Crippen LogP contribution >= 0.6 is 11.3 Å². The number of benzene rings is 2. The van der Waals surface area contributed by atoms with Crippen LogP contribution in [0.1, 0.15) is 52.0 Å². The van der Waals surface area contributed by atoms with Crippen molar-refractivity contribution < 1.29 is 9.59 Å². The Bertz CT molecular complexity index is 1080. The van der Waals surface area contributed by atoms with Crippen molar-refractivity contribution in [1.29, 1.82) is 0 Å². The Morgan fingerprint density at radius 3 is 2.38 bits per heavy atom. The molecule has 0 spiro atoms. The van der Waals surface area contributed by atoms with Gasteiger partial charge in [-0.25, -0.2) is 4.79 Å². The molecular weight excluding hydrogens is 444 g/mol. The SMILES string of the molecule is O=C(NCc1ccccc1CN1CCCCCC1)Nc1cccc(C(=O)NCc2cccs2)c1. The number of carbonyl (C=O) groups excluding carboxylic acids is 2. The summed E-state index contributed by atoms with van der Waals surface area (Å²) in [6, 6.07) is 18.9. The predicted octanol–water partition coefficient (Wildman–Crippen LogP) is 5.38. The number of hydrogen-bond donors (Lipinski definition) is 3. The second-order valence-corrected chi connectivity index (χ2v) is 9.64. The molecule has 34 heavy (non-hydrogen) atoms. The fourth-order valence-electron chi connectivity index (χ4n) is 4.19. The van der Waals surface area contributed by atoms with E-state index >= 15 is 0 Å². The molecule has 3 amide bonds. The molecule has 4 rings (SSSR count). The van der Waals surface area contributed by atoms with E-state index in [9.17, 15) is 9.59 Å². The maximum Gasteiger partial charge on any atom is 0.319 e. The summed E-state index contributed by atoms with van der Waals surface area (Å²) in [4.78, 5) is 28.6. The highest BCUT2D eigenvalue weighted by atomic mass is 32.1. The fourth-order valence-corrected chi connectivity index (χ4v) is 4.84. The van der Waals surface area contributed by atoms with E-state index in [1.54, 1.807) is 35.6 Å². The number of urea groups is 1. The lowest BCUT2D eigenvalue weighted by Gasteiger charge is -2.21. The van der Waals surface area contributed by atoms with Gasteiger partial charge in [0.05, 0.1) is 6.54 Å². The van der Waals surface area contributed by atoms with Crippen LogP contribution in [0.15, 0.2) is 66.0 Å². The molecule has 0 atom stereocenters. The van der Waals surface area contributed by atoms with E-state index in [4.69, 9.17) is 0 Å². The van der Waals surface area contributed by atoms with Crippen molar-refractivity contribution in [3.05, 3.63) is 87.6 Å². The van der Waals surface area contributed by atoms with E-state index < -0.39 is 0 Å². The smallest absolute Gasteiger partial charge is 0.319 e. The summed E-state index contributed by atoms with van der Waals surface area (Å²) in [5.74, 6) is -0.167. The number of hydrogen-bond acceptors (Lipinski definition) is 4. The number of carbonyl (C=O) groups is 2. The van der Waals surface area contributed by atoms with Gasteiger partial charge in [-0.2, -0.15) is 0 Å². The van der Waals surface area contributed by atoms with Crippen LogP contribution in [-0.4, -0.2) is 29.9 Å². The van der Waals surface area contributed by atoms with Crippen LogP contribution in [0.3, 0.4) is 0 Å². The van der Waals surface area contributed by atoms with E-state index in [1.165, 1.54) is 31.2 Å². The topological polar surface area (TPSA) is 73.5 Å². The summed E-state index contributed by atoms with van der Waals surface area (Å²) >= 11 is 1.60. The first-order chi connectivity index (χ1) is 16.7. The van der Waals surface area contributed by atoms with E-state index in [2.05, 4.69) is 39.0 Å². The van der Waals surface area contributed by atoms with Gasteiger partial charge in [0.1, 0.15) is 0 Å². The van der Waals surface area contributed by atoms with Gasteiger partial charge in [-0.15, -0.1) is 11.3 Å². The first kappa shape index (κ1) is 24.0. The van der Waals surface area contributed by atoms with Crippen LogP contribution in [0.5, 0.6) is 0 Å². The van der Waals surface area contributed by atoms with Crippen LogP contribution in [-0.2, 0) is 19.6 Å². The second-order valence-electron chi connectivity index (χ2n) is 8.61. The van der Waals surface area contributed by atoms with E-state index in [0.717, 1.165) is 30.1 Å². The predicted molar refractivity (Wildman–Crippen MR) is 138 cm³/mol. The first-order valence-corrected chi connectivity index (χ1v) is 12.8. The van der Waals surface area contributed by atoms with Gasteiger partial charge in [0.2, 0.25) is 0 Å². The van der Waals surface area contributed by atoms with Crippen LogP contribution in [0.4, 0.5) is 10.5 Å². The molecule has 3 N–H and O–H groups in total. The molecular formula is C27H32N4O2S. The Balaban J connectivity index is 1.29. The number of nitrogens with zero attached hydrogens (tertiary/aromatic N) is 1. The summed E-state index contributed by atoms with van der Waals surface area (Å²) in [5, 5.41) is 10.7. The molecule has 0 radical (unpaired) electrons. The second kappa shape index (κ2) is 12.3. The number of rotatable bonds is 8. The molecule has 3 aromatic rings. The Kier molecular flexibility index (Phi) is 8.71. The molecule has 1 aromatic heterocycles. The van der Waals surface area contributed by atoms with Crippen LogP contribution in [0, 0.1) is 0 Å². The zero-order chi connectivity index (χ0) is 23.6. The van der Waals surface area contributed by atoms with Gasteiger partial charge in [-0.05, 0) is 66.7 Å². The van der Waals surface area contributed by atoms with Crippen molar-refractivity contribution in [3.63, 3.8) is 0 Å². The van der Waals surface area contributed by atoms with E-state index in [0.29, 0.717) is 24.3 Å². The monoisotopic (exact) mass is 476 g/mol.